The maximum atomic E-state index is 2.34. The van der Waals surface area contributed by atoms with Gasteiger partial charge in [0.25, 0.3) is 0 Å². The molecule has 1 saturated carbocycles. The van der Waals surface area contributed by atoms with Gasteiger partial charge in [0.15, 0.2) is 0 Å². The first kappa shape index (κ1) is 11.3. The van der Waals surface area contributed by atoms with Crippen molar-refractivity contribution in [3.8, 4) is 0 Å². The van der Waals surface area contributed by atoms with Gasteiger partial charge >= 0.3 is 0 Å². The Hall–Kier alpha value is -0.780. The topological polar surface area (TPSA) is 0 Å². The third-order valence-electron chi connectivity index (χ3n) is 2.89. The fourth-order valence-electron chi connectivity index (χ4n) is 1.84. The van der Waals surface area contributed by atoms with Crippen LogP contribution in [0.1, 0.15) is 45.1 Å². The van der Waals surface area contributed by atoms with Gasteiger partial charge in [0.2, 0.25) is 0 Å². The molecule has 0 amide bonds. The van der Waals surface area contributed by atoms with Gasteiger partial charge < -0.3 is 0 Å². The Balaban J connectivity index is 0.000000146. The Morgan fingerprint density at radius 1 is 1.07 bits per heavy atom. The quantitative estimate of drug-likeness (QED) is 0.614. The zero-order valence-corrected chi connectivity index (χ0v) is 9.50. The second-order valence-electron chi connectivity index (χ2n) is 4.23. The zero-order valence-electron chi connectivity index (χ0n) is 9.50. The molecule has 1 aliphatic rings. The van der Waals surface area contributed by atoms with Crippen LogP contribution in [0.15, 0.2) is 30.3 Å². The number of hydrogen-bond donors (Lipinski definition) is 0. The standard InChI is InChI=1S/C8H10.C6H12/c1-2-8-6-4-3-5-7-8;1-6-4-2-3-5-6/h3-7H,2H2,1H3;6H,2-5H2,1H3. The van der Waals surface area contributed by atoms with Gasteiger partial charge in [0.1, 0.15) is 0 Å². The summed E-state index contributed by atoms with van der Waals surface area (Å²) in [5, 5.41) is 0. The summed E-state index contributed by atoms with van der Waals surface area (Å²) in [7, 11) is 0. The average Bonchev–Trinajstić information content (AvgIpc) is 2.71. The third-order valence-corrected chi connectivity index (χ3v) is 2.89. The highest BCUT2D eigenvalue weighted by Crippen LogP contribution is 2.22. The molecule has 1 aromatic rings. The van der Waals surface area contributed by atoms with Crippen LogP contribution in [-0.2, 0) is 6.42 Å². The molecular formula is C14H22. The van der Waals surface area contributed by atoms with Crippen LogP contribution in [0.3, 0.4) is 0 Å². The van der Waals surface area contributed by atoms with Crippen molar-refractivity contribution < 1.29 is 0 Å². The molecule has 0 saturated heterocycles. The van der Waals surface area contributed by atoms with E-state index in [9.17, 15) is 0 Å². The highest BCUT2D eigenvalue weighted by Gasteiger charge is 2.07. The molecule has 0 spiro atoms. The monoisotopic (exact) mass is 190 g/mol. The summed E-state index contributed by atoms with van der Waals surface area (Å²) in [6.07, 6.45) is 7.09. The number of benzene rings is 1. The summed E-state index contributed by atoms with van der Waals surface area (Å²) in [6.45, 7) is 4.50. The van der Waals surface area contributed by atoms with E-state index < -0.39 is 0 Å². The molecule has 1 aliphatic carbocycles. The van der Waals surface area contributed by atoms with Crippen molar-refractivity contribution in [2.45, 2.75) is 46.0 Å². The Kier molecular flexibility index (Phi) is 5.36. The largest absolute Gasteiger partial charge is 0.0625 e. The molecule has 1 aromatic carbocycles. The van der Waals surface area contributed by atoms with Crippen LogP contribution in [0.2, 0.25) is 0 Å². The Bertz CT molecular complexity index is 219. The van der Waals surface area contributed by atoms with Crippen LogP contribution >= 0.6 is 0 Å². The minimum absolute atomic E-state index is 1.05. The molecular weight excluding hydrogens is 168 g/mol. The zero-order chi connectivity index (χ0) is 10.2. The first-order valence-electron chi connectivity index (χ1n) is 5.87. The molecule has 0 heteroatoms. The lowest BCUT2D eigenvalue weighted by Crippen LogP contribution is -1.78. The summed E-state index contributed by atoms with van der Waals surface area (Å²) < 4.78 is 0. The van der Waals surface area contributed by atoms with Gasteiger partial charge in [-0.2, -0.15) is 0 Å². The molecule has 0 unspecified atom stereocenters. The van der Waals surface area contributed by atoms with Crippen LogP contribution in [0.4, 0.5) is 0 Å². The van der Waals surface area contributed by atoms with Crippen molar-refractivity contribution in [1.29, 1.82) is 0 Å². The van der Waals surface area contributed by atoms with Crippen molar-refractivity contribution in [2.24, 2.45) is 5.92 Å². The predicted molar refractivity (Wildman–Crippen MR) is 63.5 cm³/mol. The van der Waals surface area contributed by atoms with Crippen molar-refractivity contribution >= 4 is 0 Å². The minimum atomic E-state index is 1.05. The molecule has 0 aliphatic heterocycles. The van der Waals surface area contributed by atoms with Crippen molar-refractivity contribution in [3.05, 3.63) is 35.9 Å². The summed E-state index contributed by atoms with van der Waals surface area (Å²) in [6, 6.07) is 10.5. The van der Waals surface area contributed by atoms with E-state index in [2.05, 4.69) is 38.1 Å². The van der Waals surface area contributed by atoms with Crippen LogP contribution in [0, 0.1) is 5.92 Å². The Morgan fingerprint density at radius 3 is 1.93 bits per heavy atom. The molecule has 2 rings (SSSR count). The third kappa shape index (κ3) is 4.45. The lowest BCUT2D eigenvalue weighted by Gasteiger charge is -1.91. The van der Waals surface area contributed by atoms with E-state index in [0.717, 1.165) is 12.3 Å². The van der Waals surface area contributed by atoms with Crippen LogP contribution in [-0.4, -0.2) is 0 Å². The van der Waals surface area contributed by atoms with E-state index in [1.807, 2.05) is 6.07 Å². The van der Waals surface area contributed by atoms with Gasteiger partial charge in [-0.25, -0.2) is 0 Å². The van der Waals surface area contributed by atoms with Gasteiger partial charge in [-0.1, -0.05) is 69.9 Å². The van der Waals surface area contributed by atoms with Gasteiger partial charge in [-0.15, -0.1) is 0 Å². The SMILES string of the molecule is CC1CCCC1.CCc1ccccc1. The fraction of sp³-hybridized carbons (Fsp3) is 0.571. The first-order chi connectivity index (χ1) is 6.83. The predicted octanol–water partition coefficient (Wildman–Crippen LogP) is 4.45. The lowest BCUT2D eigenvalue weighted by molar-refractivity contribution is 0.612. The summed E-state index contributed by atoms with van der Waals surface area (Å²) >= 11 is 0. The number of hydrogen-bond acceptors (Lipinski definition) is 0. The second kappa shape index (κ2) is 6.64. The molecule has 0 atom stereocenters. The molecule has 14 heavy (non-hydrogen) atoms. The van der Waals surface area contributed by atoms with Gasteiger partial charge in [-0.05, 0) is 17.9 Å². The highest BCUT2D eigenvalue weighted by molar-refractivity contribution is 5.13. The summed E-state index contributed by atoms with van der Waals surface area (Å²) in [5.41, 5.74) is 1.41. The fourth-order valence-corrected chi connectivity index (χ4v) is 1.84. The lowest BCUT2D eigenvalue weighted by atomic mass is 10.2. The van der Waals surface area contributed by atoms with Crippen molar-refractivity contribution in [3.63, 3.8) is 0 Å². The maximum absolute atomic E-state index is 2.34. The smallest absolute Gasteiger partial charge is 0.0307 e. The Labute approximate surface area is 88.4 Å². The van der Waals surface area contributed by atoms with E-state index in [-0.39, 0.29) is 0 Å². The molecule has 0 aromatic heterocycles. The van der Waals surface area contributed by atoms with Crippen molar-refractivity contribution in [2.75, 3.05) is 0 Å². The maximum Gasteiger partial charge on any atom is -0.0307 e. The van der Waals surface area contributed by atoms with E-state index in [1.54, 1.807) is 0 Å². The van der Waals surface area contributed by atoms with Crippen LogP contribution < -0.4 is 0 Å². The van der Waals surface area contributed by atoms with Gasteiger partial charge in [-0.3, -0.25) is 0 Å². The molecule has 0 radical (unpaired) electrons. The summed E-state index contributed by atoms with van der Waals surface area (Å²) in [5.74, 6) is 1.05. The number of rotatable bonds is 1. The van der Waals surface area contributed by atoms with Crippen LogP contribution in [0.5, 0.6) is 0 Å². The molecule has 0 N–H and O–H groups in total. The van der Waals surface area contributed by atoms with E-state index in [4.69, 9.17) is 0 Å². The van der Waals surface area contributed by atoms with Crippen molar-refractivity contribution in [1.82, 2.24) is 0 Å². The first-order valence-corrected chi connectivity index (χ1v) is 5.87. The minimum Gasteiger partial charge on any atom is -0.0625 e. The highest BCUT2D eigenvalue weighted by atomic mass is 14.1. The molecule has 0 heterocycles. The molecule has 0 bridgehead atoms. The Morgan fingerprint density at radius 2 is 1.64 bits per heavy atom. The molecule has 1 fully saturated rings. The van der Waals surface area contributed by atoms with Gasteiger partial charge in [0.05, 0.1) is 0 Å². The molecule has 0 nitrogen and oxygen atoms in total. The van der Waals surface area contributed by atoms with E-state index >= 15 is 0 Å². The van der Waals surface area contributed by atoms with Gasteiger partial charge in [0, 0.05) is 0 Å². The average molecular weight is 190 g/mol. The normalized spacial score (nSPS) is 16.1. The van der Waals surface area contributed by atoms with Crippen LogP contribution in [0.25, 0.3) is 0 Å². The second-order valence-corrected chi connectivity index (χ2v) is 4.23. The van der Waals surface area contributed by atoms with E-state index in [0.29, 0.717) is 0 Å². The summed E-state index contributed by atoms with van der Waals surface area (Å²) in [4.78, 5) is 0. The number of aryl methyl sites for hydroxylation is 1. The molecule has 78 valence electrons. The van der Waals surface area contributed by atoms with E-state index in [1.165, 1.54) is 31.2 Å².